The Balaban J connectivity index is 1.74. The number of nitrogens with one attached hydrogen (secondary N) is 1. The van der Waals surface area contributed by atoms with Gasteiger partial charge >= 0.3 is 0 Å². The third-order valence-electron chi connectivity index (χ3n) is 4.42. The molecule has 3 aromatic rings. The second kappa shape index (κ2) is 7.90. The number of aromatic nitrogens is 2. The maximum atomic E-state index is 12.5. The average molecular weight is 421 g/mol. The van der Waals surface area contributed by atoms with E-state index in [1.54, 1.807) is 0 Å². The van der Waals surface area contributed by atoms with Crippen LogP contribution >= 0.6 is 11.6 Å². The predicted molar refractivity (Wildman–Crippen MR) is 109 cm³/mol. The molecule has 0 radical (unpaired) electrons. The molecule has 7 nitrogen and oxygen atoms in total. The fraction of sp³-hybridized carbons (Fsp3) is 0.263. The number of halogens is 1. The van der Waals surface area contributed by atoms with Gasteiger partial charge < -0.3 is 9.88 Å². The van der Waals surface area contributed by atoms with Crippen LogP contribution in [0.1, 0.15) is 16.2 Å². The van der Waals surface area contributed by atoms with Crippen LogP contribution in [0.5, 0.6) is 0 Å². The molecule has 0 unspecified atom stereocenters. The van der Waals surface area contributed by atoms with Crippen LogP contribution in [0.3, 0.4) is 0 Å². The molecule has 0 spiro atoms. The highest BCUT2D eigenvalue weighted by Crippen LogP contribution is 2.24. The molecule has 1 heterocycles. The van der Waals surface area contributed by atoms with Gasteiger partial charge in [0.25, 0.3) is 5.91 Å². The molecule has 1 amide bonds. The molecule has 148 valence electrons. The summed E-state index contributed by atoms with van der Waals surface area (Å²) in [5.41, 5.74) is 2.14. The Labute approximate surface area is 169 Å². The number of carbonyl (C=O) groups excluding carboxylic acids is 1. The van der Waals surface area contributed by atoms with Crippen LogP contribution in [0.4, 0.5) is 0 Å². The molecule has 28 heavy (non-hydrogen) atoms. The van der Waals surface area contributed by atoms with Crippen molar-refractivity contribution in [1.82, 2.24) is 19.2 Å². The topological polar surface area (TPSA) is 84.3 Å². The summed E-state index contributed by atoms with van der Waals surface area (Å²) in [6.45, 7) is 2.84. The van der Waals surface area contributed by atoms with Crippen LogP contribution in [0, 0.1) is 6.92 Å². The van der Waals surface area contributed by atoms with Crippen molar-refractivity contribution in [3.05, 3.63) is 58.9 Å². The summed E-state index contributed by atoms with van der Waals surface area (Å²) in [5.74, 6) is 0.496. The average Bonchev–Trinajstić information content (AvgIpc) is 2.97. The number of carbonyl (C=O) groups is 1. The van der Waals surface area contributed by atoms with Gasteiger partial charge in [-0.1, -0.05) is 23.7 Å². The van der Waals surface area contributed by atoms with Crippen molar-refractivity contribution < 1.29 is 13.2 Å². The van der Waals surface area contributed by atoms with Crippen molar-refractivity contribution in [1.29, 1.82) is 0 Å². The van der Waals surface area contributed by atoms with Crippen molar-refractivity contribution in [2.45, 2.75) is 18.4 Å². The van der Waals surface area contributed by atoms with Gasteiger partial charge in [0.2, 0.25) is 10.0 Å². The van der Waals surface area contributed by atoms with Gasteiger partial charge in [-0.15, -0.1) is 0 Å². The van der Waals surface area contributed by atoms with E-state index < -0.39 is 10.0 Å². The number of hydrogen-bond acceptors (Lipinski definition) is 4. The fourth-order valence-electron chi connectivity index (χ4n) is 2.90. The minimum absolute atomic E-state index is 0.0748. The van der Waals surface area contributed by atoms with Crippen LogP contribution < -0.4 is 5.32 Å². The Morgan fingerprint density at radius 3 is 2.64 bits per heavy atom. The third-order valence-corrected chi connectivity index (χ3v) is 6.72. The van der Waals surface area contributed by atoms with E-state index in [2.05, 4.69) is 10.3 Å². The first-order valence-corrected chi connectivity index (χ1v) is 10.5. The molecule has 0 atom stereocenters. The van der Waals surface area contributed by atoms with Gasteiger partial charge in [-0.3, -0.25) is 4.79 Å². The lowest BCUT2D eigenvalue weighted by atomic mass is 10.2. The molecule has 0 fully saturated rings. The van der Waals surface area contributed by atoms with Crippen LogP contribution in [0.15, 0.2) is 47.4 Å². The third kappa shape index (κ3) is 3.89. The maximum absolute atomic E-state index is 12.5. The van der Waals surface area contributed by atoms with Crippen LogP contribution in [-0.2, 0) is 16.6 Å². The van der Waals surface area contributed by atoms with E-state index in [0.717, 1.165) is 21.2 Å². The largest absolute Gasteiger partial charge is 0.350 e. The molecule has 0 saturated heterocycles. The molecular weight excluding hydrogens is 400 g/mol. The number of rotatable bonds is 6. The minimum atomic E-state index is -3.74. The van der Waals surface area contributed by atoms with E-state index in [0.29, 0.717) is 13.1 Å². The molecule has 2 aromatic carbocycles. The van der Waals surface area contributed by atoms with Gasteiger partial charge in [0.1, 0.15) is 10.7 Å². The molecular formula is C19H21ClN4O3S. The standard InChI is InChI=1S/C19H21ClN4O3S/c1-13-22-16-6-4-5-7-17(16)24(13)11-10-21-19(25)14-8-9-15(20)18(12-14)28(26,27)23(2)3/h4-9,12H,10-11H2,1-3H3,(H,21,25). The lowest BCUT2D eigenvalue weighted by Gasteiger charge is -2.14. The monoisotopic (exact) mass is 420 g/mol. The fourth-order valence-corrected chi connectivity index (χ4v) is 4.29. The smallest absolute Gasteiger partial charge is 0.251 e. The Kier molecular flexibility index (Phi) is 5.74. The highest BCUT2D eigenvalue weighted by Gasteiger charge is 2.22. The van der Waals surface area contributed by atoms with Gasteiger partial charge in [0.15, 0.2) is 0 Å². The first kappa shape index (κ1) is 20.3. The summed E-state index contributed by atoms with van der Waals surface area (Å²) < 4.78 is 27.8. The van der Waals surface area contributed by atoms with Gasteiger partial charge in [-0.25, -0.2) is 17.7 Å². The number of imidazole rings is 1. The van der Waals surface area contributed by atoms with Gasteiger partial charge in [-0.05, 0) is 37.3 Å². The molecule has 0 saturated carbocycles. The Morgan fingerprint density at radius 1 is 1.21 bits per heavy atom. The van der Waals surface area contributed by atoms with E-state index in [1.807, 2.05) is 35.8 Å². The van der Waals surface area contributed by atoms with Gasteiger partial charge in [-0.2, -0.15) is 0 Å². The predicted octanol–water partition coefficient (Wildman–Crippen LogP) is 2.68. The zero-order valence-corrected chi connectivity index (χ0v) is 17.4. The highest BCUT2D eigenvalue weighted by atomic mass is 35.5. The molecule has 0 bridgehead atoms. The Morgan fingerprint density at radius 2 is 1.93 bits per heavy atom. The Bertz CT molecular complexity index is 1140. The molecule has 1 N–H and O–H groups in total. The first-order valence-electron chi connectivity index (χ1n) is 8.64. The number of nitrogens with zero attached hydrogens (tertiary/aromatic N) is 3. The maximum Gasteiger partial charge on any atom is 0.251 e. The van der Waals surface area contributed by atoms with E-state index >= 15 is 0 Å². The number of fused-ring (bicyclic) bond motifs is 1. The molecule has 1 aromatic heterocycles. The summed E-state index contributed by atoms with van der Waals surface area (Å²) >= 11 is 6.03. The Hall–Kier alpha value is -2.42. The van der Waals surface area contributed by atoms with Gasteiger partial charge in [0.05, 0.1) is 16.1 Å². The summed E-state index contributed by atoms with van der Waals surface area (Å²) in [4.78, 5) is 16.9. The molecule has 3 rings (SSSR count). The lowest BCUT2D eigenvalue weighted by Crippen LogP contribution is -2.28. The zero-order chi connectivity index (χ0) is 20.5. The van der Waals surface area contributed by atoms with Crippen LogP contribution in [-0.4, -0.2) is 48.8 Å². The summed E-state index contributed by atoms with van der Waals surface area (Å²) in [6.07, 6.45) is 0. The lowest BCUT2D eigenvalue weighted by molar-refractivity contribution is 0.0952. The second-order valence-electron chi connectivity index (χ2n) is 6.49. The number of sulfonamides is 1. The van der Waals surface area contributed by atoms with Crippen LogP contribution in [0.25, 0.3) is 11.0 Å². The van der Waals surface area contributed by atoms with Crippen molar-refractivity contribution in [2.24, 2.45) is 0 Å². The summed E-state index contributed by atoms with van der Waals surface area (Å²) in [7, 11) is -0.915. The number of amides is 1. The van der Waals surface area contributed by atoms with Gasteiger partial charge in [0, 0.05) is 32.7 Å². The molecule has 0 aliphatic heterocycles. The van der Waals surface area contributed by atoms with E-state index in [4.69, 9.17) is 11.6 Å². The van der Waals surface area contributed by atoms with Crippen molar-refractivity contribution in [2.75, 3.05) is 20.6 Å². The second-order valence-corrected chi connectivity index (χ2v) is 9.02. The number of aryl methyl sites for hydroxylation is 1. The van der Waals surface area contributed by atoms with Crippen molar-refractivity contribution >= 4 is 38.6 Å². The molecule has 9 heteroatoms. The number of benzene rings is 2. The zero-order valence-electron chi connectivity index (χ0n) is 15.8. The van der Waals surface area contributed by atoms with Crippen molar-refractivity contribution in [3.8, 4) is 0 Å². The van der Waals surface area contributed by atoms with Crippen molar-refractivity contribution in [3.63, 3.8) is 0 Å². The normalized spacial score (nSPS) is 11.9. The van der Waals surface area contributed by atoms with E-state index in [1.165, 1.54) is 32.3 Å². The first-order chi connectivity index (χ1) is 13.2. The van der Waals surface area contributed by atoms with E-state index in [9.17, 15) is 13.2 Å². The quantitative estimate of drug-likeness (QED) is 0.664. The summed E-state index contributed by atoms with van der Waals surface area (Å²) in [5, 5.41) is 2.89. The summed E-state index contributed by atoms with van der Waals surface area (Å²) in [6, 6.07) is 12.0. The number of hydrogen-bond donors (Lipinski definition) is 1. The number of para-hydroxylation sites is 2. The molecule has 0 aliphatic rings. The minimum Gasteiger partial charge on any atom is -0.350 e. The van der Waals surface area contributed by atoms with E-state index in [-0.39, 0.29) is 21.4 Å². The van der Waals surface area contributed by atoms with Crippen LogP contribution in [0.2, 0.25) is 5.02 Å². The highest BCUT2D eigenvalue weighted by molar-refractivity contribution is 7.89. The SMILES string of the molecule is Cc1nc2ccccc2n1CCNC(=O)c1ccc(Cl)c(S(=O)(=O)N(C)C)c1. The molecule has 0 aliphatic carbocycles.